The molecule has 1 heterocycles. The smallest absolute Gasteiger partial charge is 0.253 e. The maximum atomic E-state index is 12.8. The second kappa shape index (κ2) is 7.54. The number of amides is 2. The molecule has 24 heavy (non-hydrogen) atoms. The number of pyridine rings is 1. The van der Waals surface area contributed by atoms with Crippen molar-refractivity contribution in [3.63, 3.8) is 0 Å². The molecule has 1 aromatic heterocycles. The molecule has 0 saturated heterocycles. The highest BCUT2D eigenvalue weighted by atomic mass is 19.1. The van der Waals surface area contributed by atoms with Gasteiger partial charge in [-0.1, -0.05) is 12.1 Å². The minimum absolute atomic E-state index is 0.134. The van der Waals surface area contributed by atoms with Gasteiger partial charge in [0, 0.05) is 32.9 Å². The molecule has 1 aromatic carbocycles. The molecule has 126 valence electrons. The molecule has 0 bridgehead atoms. The molecule has 0 spiro atoms. The summed E-state index contributed by atoms with van der Waals surface area (Å²) in [7, 11) is 3.18. The molecule has 0 radical (unpaired) electrons. The molecule has 0 aliphatic carbocycles. The predicted molar refractivity (Wildman–Crippen MR) is 87.0 cm³/mol. The van der Waals surface area contributed by atoms with Gasteiger partial charge in [-0.3, -0.25) is 14.4 Å². The fourth-order valence-corrected chi connectivity index (χ4v) is 1.96. The number of hydrogen-bond donors (Lipinski definition) is 1. The van der Waals surface area contributed by atoms with Gasteiger partial charge in [-0.2, -0.15) is 0 Å². The zero-order valence-electron chi connectivity index (χ0n) is 13.5. The molecule has 0 aliphatic heterocycles. The maximum Gasteiger partial charge on any atom is 0.253 e. The lowest BCUT2D eigenvalue weighted by Crippen LogP contribution is -2.32. The Morgan fingerprint density at radius 1 is 1.12 bits per heavy atom. The zero-order chi connectivity index (χ0) is 17.7. The molecular weight excluding hydrogens is 313 g/mol. The summed E-state index contributed by atoms with van der Waals surface area (Å²) in [4.78, 5) is 37.0. The van der Waals surface area contributed by atoms with Gasteiger partial charge in [-0.05, 0) is 23.8 Å². The number of nitrogens with one attached hydrogen (secondary N) is 1. The normalized spacial score (nSPS) is 10.3. The second-order valence-electron chi connectivity index (χ2n) is 5.48. The first-order chi connectivity index (χ1) is 11.4. The third-order valence-electron chi connectivity index (χ3n) is 3.42. The molecule has 6 nitrogen and oxygen atoms in total. The zero-order valence-corrected chi connectivity index (χ0v) is 13.5. The van der Waals surface area contributed by atoms with E-state index in [0.29, 0.717) is 0 Å². The van der Waals surface area contributed by atoms with Gasteiger partial charge in [0.2, 0.25) is 5.91 Å². The number of aromatic nitrogens is 1. The summed E-state index contributed by atoms with van der Waals surface area (Å²) < 4.78 is 14.0. The lowest BCUT2D eigenvalue weighted by atomic mass is 10.2. The van der Waals surface area contributed by atoms with E-state index in [9.17, 15) is 18.8 Å². The van der Waals surface area contributed by atoms with Gasteiger partial charge in [0.15, 0.2) is 0 Å². The average Bonchev–Trinajstić information content (AvgIpc) is 2.55. The van der Waals surface area contributed by atoms with E-state index >= 15 is 0 Å². The van der Waals surface area contributed by atoms with Crippen molar-refractivity contribution in [1.82, 2.24) is 14.8 Å². The summed E-state index contributed by atoms with van der Waals surface area (Å²) >= 11 is 0. The standard InChI is InChI=1S/C17H18FN3O3/c1-20(2)16(23)11-21-10-13(5-8-15(21)22)17(24)19-9-12-3-6-14(18)7-4-12/h3-8,10H,9,11H2,1-2H3,(H,19,24). The molecule has 2 aromatic rings. The van der Waals surface area contributed by atoms with E-state index in [2.05, 4.69) is 5.32 Å². The van der Waals surface area contributed by atoms with Crippen LogP contribution >= 0.6 is 0 Å². The minimum atomic E-state index is -0.384. The van der Waals surface area contributed by atoms with Crippen LogP contribution in [-0.2, 0) is 17.9 Å². The fraction of sp³-hybridized carbons (Fsp3) is 0.235. The van der Waals surface area contributed by atoms with E-state index < -0.39 is 0 Å². The summed E-state index contributed by atoms with van der Waals surface area (Å²) in [6, 6.07) is 8.43. The van der Waals surface area contributed by atoms with Crippen molar-refractivity contribution in [3.05, 3.63) is 69.9 Å². The van der Waals surface area contributed by atoms with E-state index in [0.717, 1.165) is 5.56 Å². The summed E-state index contributed by atoms with van der Waals surface area (Å²) in [5.74, 6) is -0.978. The van der Waals surface area contributed by atoms with Crippen LogP contribution in [0.3, 0.4) is 0 Å². The van der Waals surface area contributed by atoms with Crippen LogP contribution in [0.15, 0.2) is 47.4 Å². The molecule has 2 rings (SSSR count). The van der Waals surface area contributed by atoms with E-state index in [1.165, 1.54) is 39.9 Å². The number of carbonyl (C=O) groups is 2. The van der Waals surface area contributed by atoms with Crippen LogP contribution < -0.4 is 10.9 Å². The second-order valence-corrected chi connectivity index (χ2v) is 5.48. The minimum Gasteiger partial charge on any atom is -0.348 e. The third kappa shape index (κ3) is 4.52. The number of benzene rings is 1. The summed E-state index contributed by atoms with van der Waals surface area (Å²) in [6.45, 7) is 0.0970. The summed E-state index contributed by atoms with van der Waals surface area (Å²) in [6.07, 6.45) is 1.35. The van der Waals surface area contributed by atoms with Crippen LogP contribution in [0.25, 0.3) is 0 Å². The average molecular weight is 331 g/mol. The third-order valence-corrected chi connectivity index (χ3v) is 3.42. The number of halogens is 1. The van der Waals surface area contributed by atoms with Crippen LogP contribution in [0.2, 0.25) is 0 Å². The quantitative estimate of drug-likeness (QED) is 0.889. The van der Waals surface area contributed by atoms with Gasteiger partial charge in [0.25, 0.3) is 11.5 Å². The van der Waals surface area contributed by atoms with Crippen molar-refractivity contribution in [3.8, 4) is 0 Å². The van der Waals surface area contributed by atoms with Crippen LogP contribution in [0, 0.1) is 5.82 Å². The Labute approximate surface area is 138 Å². The molecule has 0 aliphatic rings. The lowest BCUT2D eigenvalue weighted by molar-refractivity contribution is -0.129. The summed E-state index contributed by atoms with van der Waals surface area (Å²) in [5.41, 5.74) is 0.657. The van der Waals surface area contributed by atoms with Gasteiger partial charge in [-0.15, -0.1) is 0 Å². The fourth-order valence-electron chi connectivity index (χ4n) is 1.96. The molecule has 7 heteroatoms. The van der Waals surface area contributed by atoms with Crippen LogP contribution in [-0.4, -0.2) is 35.4 Å². The van der Waals surface area contributed by atoms with Crippen molar-refractivity contribution in [1.29, 1.82) is 0 Å². The lowest BCUT2D eigenvalue weighted by Gasteiger charge is -2.12. The van der Waals surface area contributed by atoms with Crippen molar-refractivity contribution >= 4 is 11.8 Å². The molecule has 0 unspecified atom stereocenters. The van der Waals surface area contributed by atoms with Crippen molar-refractivity contribution in [2.24, 2.45) is 0 Å². The molecule has 1 N–H and O–H groups in total. The molecule has 0 saturated carbocycles. The van der Waals surface area contributed by atoms with Crippen LogP contribution in [0.5, 0.6) is 0 Å². The highest BCUT2D eigenvalue weighted by Crippen LogP contribution is 2.03. The van der Waals surface area contributed by atoms with Gasteiger partial charge in [0.1, 0.15) is 12.4 Å². The first kappa shape index (κ1) is 17.4. The molecule has 2 amide bonds. The van der Waals surface area contributed by atoms with Crippen molar-refractivity contribution < 1.29 is 14.0 Å². The number of nitrogens with zero attached hydrogens (tertiary/aromatic N) is 2. The number of carbonyl (C=O) groups excluding carboxylic acids is 2. The Morgan fingerprint density at radius 2 is 1.79 bits per heavy atom. The first-order valence-electron chi connectivity index (χ1n) is 7.30. The van der Waals surface area contributed by atoms with Gasteiger partial charge < -0.3 is 14.8 Å². The monoisotopic (exact) mass is 331 g/mol. The topological polar surface area (TPSA) is 71.4 Å². The van der Waals surface area contributed by atoms with E-state index in [-0.39, 0.29) is 41.8 Å². The van der Waals surface area contributed by atoms with Gasteiger partial charge >= 0.3 is 0 Å². The molecule has 0 atom stereocenters. The number of hydrogen-bond acceptors (Lipinski definition) is 3. The highest BCUT2D eigenvalue weighted by Gasteiger charge is 2.11. The van der Waals surface area contributed by atoms with E-state index in [4.69, 9.17) is 0 Å². The Hall–Kier alpha value is -2.96. The number of likely N-dealkylation sites (N-methyl/N-ethyl adjacent to an activating group) is 1. The Kier molecular flexibility index (Phi) is 5.47. The highest BCUT2D eigenvalue weighted by molar-refractivity contribution is 5.93. The van der Waals surface area contributed by atoms with E-state index in [1.807, 2.05) is 0 Å². The maximum absolute atomic E-state index is 12.8. The van der Waals surface area contributed by atoms with E-state index in [1.54, 1.807) is 26.2 Å². The first-order valence-corrected chi connectivity index (χ1v) is 7.30. The Morgan fingerprint density at radius 3 is 2.42 bits per heavy atom. The molecule has 0 fully saturated rings. The SMILES string of the molecule is CN(C)C(=O)Cn1cc(C(=O)NCc2ccc(F)cc2)ccc1=O. The Balaban J connectivity index is 2.07. The summed E-state index contributed by atoms with van der Waals surface area (Å²) in [5, 5.41) is 2.69. The molecular formula is C17H18FN3O3. The largest absolute Gasteiger partial charge is 0.348 e. The number of rotatable bonds is 5. The predicted octanol–water partition coefficient (Wildman–Crippen LogP) is 1.01. The van der Waals surface area contributed by atoms with Gasteiger partial charge in [-0.25, -0.2) is 4.39 Å². The van der Waals surface area contributed by atoms with Crippen LogP contribution in [0.1, 0.15) is 15.9 Å². The Bertz CT molecular complexity index is 797. The van der Waals surface area contributed by atoms with Crippen LogP contribution in [0.4, 0.5) is 4.39 Å². The van der Waals surface area contributed by atoms with Crippen molar-refractivity contribution in [2.45, 2.75) is 13.1 Å². The van der Waals surface area contributed by atoms with Crippen molar-refractivity contribution in [2.75, 3.05) is 14.1 Å². The van der Waals surface area contributed by atoms with Gasteiger partial charge in [0.05, 0.1) is 5.56 Å².